The molecule has 2 unspecified atom stereocenters. The Kier molecular flexibility index (Phi) is 7.18. The molecular formula is C9H21NS. The third-order valence-corrected chi connectivity index (χ3v) is 2.74. The van der Waals surface area contributed by atoms with Crippen LogP contribution in [0.1, 0.15) is 33.1 Å². The number of hydrogen-bond acceptors (Lipinski definition) is 2. The smallest absolute Gasteiger partial charge is 0.00492 e. The zero-order chi connectivity index (χ0) is 8.69. The summed E-state index contributed by atoms with van der Waals surface area (Å²) in [7, 11) is 0. The third kappa shape index (κ3) is 6.70. The molecule has 0 spiro atoms. The molecule has 0 fully saturated rings. The van der Waals surface area contributed by atoms with E-state index < -0.39 is 0 Å². The Balaban J connectivity index is 3.27. The van der Waals surface area contributed by atoms with Crippen molar-refractivity contribution < 1.29 is 0 Å². The van der Waals surface area contributed by atoms with Gasteiger partial charge >= 0.3 is 0 Å². The van der Waals surface area contributed by atoms with Gasteiger partial charge in [-0.25, -0.2) is 0 Å². The second-order valence-corrected chi connectivity index (χ2v) is 4.28. The zero-order valence-corrected chi connectivity index (χ0v) is 8.79. The topological polar surface area (TPSA) is 26.0 Å². The molecule has 2 N–H and O–H groups in total. The first-order valence-corrected chi connectivity index (χ1v) is 5.84. The quantitative estimate of drug-likeness (QED) is 0.671. The van der Waals surface area contributed by atoms with Gasteiger partial charge in [-0.05, 0) is 30.8 Å². The van der Waals surface area contributed by atoms with E-state index in [1.54, 1.807) is 0 Å². The number of hydrogen-bond donors (Lipinski definition) is 1. The highest BCUT2D eigenvalue weighted by Crippen LogP contribution is 2.11. The Bertz CT molecular complexity index is 85.6. The molecular weight excluding hydrogens is 154 g/mol. The zero-order valence-electron chi connectivity index (χ0n) is 7.97. The summed E-state index contributed by atoms with van der Waals surface area (Å²) in [4.78, 5) is 0. The van der Waals surface area contributed by atoms with Gasteiger partial charge in [0.25, 0.3) is 0 Å². The SMILES string of the molecule is CCC(C)CC(N)CCSC. The van der Waals surface area contributed by atoms with Crippen LogP contribution in [-0.2, 0) is 0 Å². The first-order valence-electron chi connectivity index (χ1n) is 4.45. The molecule has 0 rings (SSSR count). The Morgan fingerprint density at radius 3 is 2.55 bits per heavy atom. The minimum atomic E-state index is 0.428. The van der Waals surface area contributed by atoms with E-state index in [4.69, 9.17) is 5.73 Å². The fraction of sp³-hybridized carbons (Fsp3) is 1.00. The molecule has 0 aromatic carbocycles. The van der Waals surface area contributed by atoms with Gasteiger partial charge in [0.15, 0.2) is 0 Å². The molecule has 11 heavy (non-hydrogen) atoms. The molecule has 68 valence electrons. The van der Waals surface area contributed by atoms with Crippen LogP contribution in [-0.4, -0.2) is 18.1 Å². The lowest BCUT2D eigenvalue weighted by atomic mass is 9.99. The highest BCUT2D eigenvalue weighted by molar-refractivity contribution is 7.98. The molecule has 0 radical (unpaired) electrons. The van der Waals surface area contributed by atoms with Gasteiger partial charge in [0, 0.05) is 6.04 Å². The van der Waals surface area contributed by atoms with Crippen molar-refractivity contribution in [3.63, 3.8) is 0 Å². The third-order valence-electron chi connectivity index (χ3n) is 2.09. The van der Waals surface area contributed by atoms with Crippen LogP contribution in [0.4, 0.5) is 0 Å². The summed E-state index contributed by atoms with van der Waals surface area (Å²) < 4.78 is 0. The predicted octanol–water partition coefficient (Wildman–Crippen LogP) is 2.50. The van der Waals surface area contributed by atoms with Crippen LogP contribution in [0.15, 0.2) is 0 Å². The van der Waals surface area contributed by atoms with Gasteiger partial charge in [-0.2, -0.15) is 11.8 Å². The maximum Gasteiger partial charge on any atom is 0.00492 e. The fourth-order valence-electron chi connectivity index (χ4n) is 1.07. The molecule has 0 heterocycles. The first kappa shape index (κ1) is 11.3. The number of thioether (sulfide) groups is 1. The summed E-state index contributed by atoms with van der Waals surface area (Å²) in [6.07, 6.45) is 5.76. The van der Waals surface area contributed by atoms with Gasteiger partial charge in [-0.1, -0.05) is 20.3 Å². The minimum Gasteiger partial charge on any atom is -0.328 e. The summed E-state index contributed by atoms with van der Waals surface area (Å²) in [6, 6.07) is 0.428. The Hall–Kier alpha value is 0.310. The predicted molar refractivity (Wildman–Crippen MR) is 55.0 cm³/mol. The van der Waals surface area contributed by atoms with Gasteiger partial charge in [-0.3, -0.25) is 0 Å². The van der Waals surface area contributed by atoms with E-state index in [2.05, 4.69) is 20.1 Å². The molecule has 0 aliphatic rings. The van der Waals surface area contributed by atoms with Crippen LogP contribution < -0.4 is 5.73 Å². The van der Waals surface area contributed by atoms with Crippen molar-refractivity contribution in [1.82, 2.24) is 0 Å². The van der Waals surface area contributed by atoms with Crippen molar-refractivity contribution in [1.29, 1.82) is 0 Å². The van der Waals surface area contributed by atoms with E-state index >= 15 is 0 Å². The second-order valence-electron chi connectivity index (χ2n) is 3.29. The van der Waals surface area contributed by atoms with E-state index in [0.717, 1.165) is 5.92 Å². The van der Waals surface area contributed by atoms with Crippen LogP contribution in [0.5, 0.6) is 0 Å². The van der Waals surface area contributed by atoms with Crippen LogP contribution >= 0.6 is 11.8 Å². The lowest BCUT2D eigenvalue weighted by molar-refractivity contribution is 0.446. The number of rotatable bonds is 6. The van der Waals surface area contributed by atoms with Crippen LogP contribution in [0.3, 0.4) is 0 Å². The van der Waals surface area contributed by atoms with Gasteiger partial charge < -0.3 is 5.73 Å². The molecule has 0 aromatic heterocycles. The van der Waals surface area contributed by atoms with E-state index in [9.17, 15) is 0 Å². The first-order chi connectivity index (χ1) is 5.20. The summed E-state index contributed by atoms with van der Waals surface area (Å²) >= 11 is 1.88. The molecule has 0 aliphatic heterocycles. The van der Waals surface area contributed by atoms with Gasteiger partial charge in [0.2, 0.25) is 0 Å². The van der Waals surface area contributed by atoms with E-state index in [1.807, 2.05) is 11.8 Å². The average Bonchev–Trinajstić information content (AvgIpc) is 2.00. The molecule has 0 saturated heterocycles. The van der Waals surface area contributed by atoms with Gasteiger partial charge in [0.1, 0.15) is 0 Å². The monoisotopic (exact) mass is 175 g/mol. The summed E-state index contributed by atoms with van der Waals surface area (Å²) in [5, 5.41) is 0. The summed E-state index contributed by atoms with van der Waals surface area (Å²) in [5.41, 5.74) is 5.92. The Morgan fingerprint density at radius 1 is 1.45 bits per heavy atom. The van der Waals surface area contributed by atoms with Crippen molar-refractivity contribution in [2.75, 3.05) is 12.0 Å². The highest BCUT2D eigenvalue weighted by Gasteiger charge is 2.06. The molecule has 1 nitrogen and oxygen atoms in total. The normalized spacial score (nSPS) is 16.4. The Morgan fingerprint density at radius 2 is 2.09 bits per heavy atom. The summed E-state index contributed by atoms with van der Waals surface area (Å²) in [5.74, 6) is 2.00. The number of nitrogens with two attached hydrogens (primary N) is 1. The van der Waals surface area contributed by atoms with Crippen LogP contribution in [0.2, 0.25) is 0 Å². The van der Waals surface area contributed by atoms with Crippen LogP contribution in [0, 0.1) is 5.92 Å². The lowest BCUT2D eigenvalue weighted by Gasteiger charge is -2.14. The van der Waals surface area contributed by atoms with E-state index in [-0.39, 0.29) is 0 Å². The van der Waals surface area contributed by atoms with Crippen molar-refractivity contribution in [3.8, 4) is 0 Å². The lowest BCUT2D eigenvalue weighted by Crippen LogP contribution is -2.23. The molecule has 0 aromatic rings. The highest BCUT2D eigenvalue weighted by atomic mass is 32.2. The average molecular weight is 175 g/mol. The van der Waals surface area contributed by atoms with Crippen molar-refractivity contribution in [2.45, 2.75) is 39.2 Å². The maximum atomic E-state index is 5.92. The molecule has 0 amide bonds. The maximum absolute atomic E-state index is 5.92. The molecule has 0 bridgehead atoms. The second kappa shape index (κ2) is 6.99. The van der Waals surface area contributed by atoms with Crippen molar-refractivity contribution in [3.05, 3.63) is 0 Å². The molecule has 0 aliphatic carbocycles. The minimum absolute atomic E-state index is 0.428. The largest absolute Gasteiger partial charge is 0.328 e. The van der Waals surface area contributed by atoms with Crippen molar-refractivity contribution in [2.24, 2.45) is 11.7 Å². The molecule has 0 saturated carbocycles. The fourth-order valence-corrected chi connectivity index (χ4v) is 1.61. The van der Waals surface area contributed by atoms with Gasteiger partial charge in [0.05, 0.1) is 0 Å². The standard InChI is InChI=1S/C9H21NS/c1-4-8(2)7-9(10)5-6-11-3/h8-9H,4-7,10H2,1-3H3. The molecule has 2 heteroatoms. The van der Waals surface area contributed by atoms with E-state index in [0.29, 0.717) is 6.04 Å². The Labute approximate surface area is 75.1 Å². The van der Waals surface area contributed by atoms with Crippen LogP contribution in [0.25, 0.3) is 0 Å². The van der Waals surface area contributed by atoms with Gasteiger partial charge in [-0.15, -0.1) is 0 Å². The van der Waals surface area contributed by atoms with E-state index in [1.165, 1.54) is 25.0 Å². The molecule has 2 atom stereocenters. The summed E-state index contributed by atoms with van der Waals surface area (Å²) in [6.45, 7) is 4.50. The van der Waals surface area contributed by atoms with Crippen molar-refractivity contribution >= 4 is 11.8 Å².